The Morgan fingerprint density at radius 2 is 0.653 bits per heavy atom. The number of aromatic hydroxyl groups is 2. The standard InChI is InChI=1S/C47H80O2/c1-11-13-15-17-19-21-23-25-27-29-31-37-33-39(35-41(43(37)48)45(3,4)5)47(9,10)40-34-38(44(49)42(36-40)46(6,7)8)32-30-28-26-24-22-20-18-16-14-12-2/h33-36,48-49H,11-32H2,1-10H3. The summed E-state index contributed by atoms with van der Waals surface area (Å²) in [5, 5.41) is 23.1. The number of benzene rings is 2. The number of aryl methyl sites for hydroxylation is 2. The summed E-state index contributed by atoms with van der Waals surface area (Å²) in [7, 11) is 0. The van der Waals surface area contributed by atoms with E-state index in [9.17, 15) is 10.2 Å². The van der Waals surface area contributed by atoms with Crippen molar-refractivity contribution in [2.24, 2.45) is 0 Å². The number of phenolic OH excluding ortho intramolecular Hbond substituents is 2. The maximum Gasteiger partial charge on any atom is 0.122 e. The van der Waals surface area contributed by atoms with Crippen LogP contribution in [0.4, 0.5) is 0 Å². The second-order valence-electron chi connectivity index (χ2n) is 18.1. The monoisotopic (exact) mass is 677 g/mol. The van der Waals surface area contributed by atoms with Crippen molar-refractivity contribution in [1.82, 2.24) is 0 Å². The van der Waals surface area contributed by atoms with E-state index < -0.39 is 0 Å². The minimum Gasteiger partial charge on any atom is -0.507 e. The molecule has 0 unspecified atom stereocenters. The molecule has 0 atom stereocenters. The fourth-order valence-corrected chi connectivity index (χ4v) is 7.41. The molecule has 2 heteroatoms. The third kappa shape index (κ3) is 14.7. The van der Waals surface area contributed by atoms with Gasteiger partial charge in [0.05, 0.1) is 0 Å². The minimum atomic E-state index is -0.277. The lowest BCUT2D eigenvalue weighted by molar-refractivity contribution is 0.435. The number of hydrogen-bond acceptors (Lipinski definition) is 2. The van der Waals surface area contributed by atoms with Gasteiger partial charge in [-0.2, -0.15) is 0 Å². The van der Waals surface area contributed by atoms with E-state index in [0.717, 1.165) is 47.9 Å². The molecule has 2 rings (SSSR count). The highest BCUT2D eigenvalue weighted by molar-refractivity contribution is 5.54. The first-order valence-electron chi connectivity index (χ1n) is 20.9. The molecule has 0 aromatic heterocycles. The van der Waals surface area contributed by atoms with Crippen molar-refractivity contribution in [3.8, 4) is 11.5 Å². The molecule has 0 aliphatic heterocycles. The van der Waals surface area contributed by atoms with Gasteiger partial charge in [0.1, 0.15) is 11.5 Å². The number of hydrogen-bond donors (Lipinski definition) is 2. The average Bonchev–Trinajstić information content (AvgIpc) is 3.02. The Kier molecular flexibility index (Phi) is 18.9. The lowest BCUT2D eigenvalue weighted by Crippen LogP contribution is -2.23. The van der Waals surface area contributed by atoms with Crippen molar-refractivity contribution >= 4 is 0 Å². The molecule has 0 saturated carbocycles. The molecule has 2 aromatic carbocycles. The molecule has 0 bridgehead atoms. The molecule has 0 fully saturated rings. The zero-order valence-corrected chi connectivity index (χ0v) is 34.3. The summed E-state index contributed by atoms with van der Waals surface area (Å²) in [6, 6.07) is 9.12. The Morgan fingerprint density at radius 1 is 0.388 bits per heavy atom. The molecule has 2 nitrogen and oxygen atoms in total. The van der Waals surface area contributed by atoms with Gasteiger partial charge in [0.2, 0.25) is 0 Å². The quantitative estimate of drug-likeness (QED) is 0.109. The van der Waals surface area contributed by atoms with Crippen molar-refractivity contribution in [2.45, 2.75) is 227 Å². The predicted molar refractivity (Wildman–Crippen MR) is 217 cm³/mol. The Labute approximate surface area is 305 Å². The van der Waals surface area contributed by atoms with Crippen LogP contribution in [-0.2, 0) is 29.1 Å². The van der Waals surface area contributed by atoms with Crippen molar-refractivity contribution in [3.63, 3.8) is 0 Å². The minimum absolute atomic E-state index is 0.158. The van der Waals surface area contributed by atoms with E-state index in [1.165, 1.54) is 127 Å². The SMILES string of the molecule is CCCCCCCCCCCCc1cc(C(C)(C)c2cc(CCCCCCCCCCCC)c(O)c(C(C)(C)C)c2)cc(C(C)(C)C)c1O. The summed E-state index contributed by atoms with van der Waals surface area (Å²) in [5.74, 6) is 0.983. The van der Waals surface area contributed by atoms with Crippen LogP contribution in [0.25, 0.3) is 0 Å². The third-order valence-electron chi connectivity index (χ3n) is 11.0. The summed E-state index contributed by atoms with van der Waals surface area (Å²) < 4.78 is 0. The fourth-order valence-electron chi connectivity index (χ4n) is 7.41. The molecule has 0 radical (unpaired) electrons. The Hall–Kier alpha value is -1.96. The first-order valence-corrected chi connectivity index (χ1v) is 20.9. The second kappa shape index (κ2) is 21.4. The van der Waals surface area contributed by atoms with Gasteiger partial charge < -0.3 is 10.2 Å². The van der Waals surface area contributed by atoms with E-state index in [2.05, 4.69) is 93.5 Å². The molecule has 49 heavy (non-hydrogen) atoms. The van der Waals surface area contributed by atoms with Crippen molar-refractivity contribution in [2.75, 3.05) is 0 Å². The molecule has 2 N–H and O–H groups in total. The van der Waals surface area contributed by atoms with Gasteiger partial charge in [-0.05, 0) is 69.9 Å². The van der Waals surface area contributed by atoms with Gasteiger partial charge in [-0.1, -0.05) is 209 Å². The molecule has 0 spiro atoms. The molecule has 0 aliphatic rings. The molecular weight excluding hydrogens is 597 g/mol. The van der Waals surface area contributed by atoms with Gasteiger partial charge in [-0.25, -0.2) is 0 Å². The Morgan fingerprint density at radius 3 is 0.918 bits per heavy atom. The van der Waals surface area contributed by atoms with Crippen LogP contribution in [0.3, 0.4) is 0 Å². The zero-order chi connectivity index (χ0) is 36.5. The van der Waals surface area contributed by atoms with E-state index in [-0.39, 0.29) is 16.2 Å². The highest BCUT2D eigenvalue weighted by Crippen LogP contribution is 2.44. The maximum absolute atomic E-state index is 11.5. The van der Waals surface area contributed by atoms with Crippen LogP contribution >= 0.6 is 0 Å². The van der Waals surface area contributed by atoms with Gasteiger partial charge in [0, 0.05) is 5.41 Å². The van der Waals surface area contributed by atoms with Crippen LogP contribution < -0.4 is 0 Å². The summed E-state index contributed by atoms with van der Waals surface area (Å²) in [5.41, 5.74) is 6.19. The highest BCUT2D eigenvalue weighted by atomic mass is 16.3. The number of unbranched alkanes of at least 4 members (excludes halogenated alkanes) is 18. The molecule has 280 valence electrons. The smallest absolute Gasteiger partial charge is 0.122 e. The third-order valence-corrected chi connectivity index (χ3v) is 11.0. The molecule has 2 aromatic rings. The van der Waals surface area contributed by atoms with E-state index in [1.54, 1.807) is 0 Å². The van der Waals surface area contributed by atoms with Crippen LogP contribution in [-0.4, -0.2) is 10.2 Å². The molecule has 0 saturated heterocycles. The van der Waals surface area contributed by atoms with E-state index in [1.807, 2.05) is 0 Å². The van der Waals surface area contributed by atoms with Gasteiger partial charge in [-0.3, -0.25) is 0 Å². The van der Waals surface area contributed by atoms with Gasteiger partial charge in [0.25, 0.3) is 0 Å². The van der Waals surface area contributed by atoms with Crippen LogP contribution in [0.5, 0.6) is 11.5 Å². The zero-order valence-electron chi connectivity index (χ0n) is 34.3. The van der Waals surface area contributed by atoms with Crippen LogP contribution in [0.2, 0.25) is 0 Å². The summed E-state index contributed by atoms with van der Waals surface area (Å²) in [6.07, 6.45) is 28.2. The van der Waals surface area contributed by atoms with E-state index in [0.29, 0.717) is 11.5 Å². The average molecular weight is 677 g/mol. The largest absolute Gasteiger partial charge is 0.507 e. The summed E-state index contributed by atoms with van der Waals surface area (Å²) in [4.78, 5) is 0. The number of phenols is 2. The van der Waals surface area contributed by atoms with Crippen LogP contribution in [0.1, 0.15) is 231 Å². The first-order chi connectivity index (χ1) is 23.1. The first kappa shape index (κ1) is 43.2. The van der Waals surface area contributed by atoms with E-state index >= 15 is 0 Å². The molecular formula is C47H80O2. The Balaban J connectivity index is 2.23. The van der Waals surface area contributed by atoms with Gasteiger partial charge >= 0.3 is 0 Å². The maximum atomic E-state index is 11.5. The van der Waals surface area contributed by atoms with Crippen molar-refractivity contribution in [1.29, 1.82) is 0 Å². The molecule has 0 amide bonds. The fraction of sp³-hybridized carbons (Fsp3) is 0.745. The summed E-state index contributed by atoms with van der Waals surface area (Å²) >= 11 is 0. The lowest BCUT2D eigenvalue weighted by Gasteiger charge is -2.33. The number of rotatable bonds is 24. The second-order valence-corrected chi connectivity index (χ2v) is 18.1. The van der Waals surface area contributed by atoms with Crippen molar-refractivity contribution in [3.05, 3.63) is 57.6 Å². The highest BCUT2D eigenvalue weighted by Gasteiger charge is 2.31. The Bertz CT molecular complexity index is 1110. The van der Waals surface area contributed by atoms with E-state index in [4.69, 9.17) is 0 Å². The van der Waals surface area contributed by atoms with Gasteiger partial charge in [-0.15, -0.1) is 0 Å². The molecule has 0 aliphatic carbocycles. The lowest BCUT2D eigenvalue weighted by atomic mass is 9.72. The summed E-state index contributed by atoms with van der Waals surface area (Å²) in [6.45, 7) is 22.5. The van der Waals surface area contributed by atoms with Crippen LogP contribution in [0, 0.1) is 0 Å². The van der Waals surface area contributed by atoms with Gasteiger partial charge in [0.15, 0.2) is 0 Å². The predicted octanol–water partition coefficient (Wildman–Crippen LogP) is 14.9. The topological polar surface area (TPSA) is 40.5 Å². The normalized spacial score (nSPS) is 12.6. The van der Waals surface area contributed by atoms with Crippen LogP contribution in [0.15, 0.2) is 24.3 Å². The molecule has 0 heterocycles. The van der Waals surface area contributed by atoms with Crippen molar-refractivity contribution < 1.29 is 10.2 Å².